The summed E-state index contributed by atoms with van der Waals surface area (Å²) in [6, 6.07) is 7.11. The summed E-state index contributed by atoms with van der Waals surface area (Å²) in [5.74, 6) is 0. The highest BCUT2D eigenvalue weighted by atomic mass is 32.1. The Hall–Kier alpha value is -3.21. The molecule has 0 fully saturated rings. The van der Waals surface area contributed by atoms with Gasteiger partial charge in [0.05, 0.1) is 22.1 Å². The van der Waals surface area contributed by atoms with Crippen molar-refractivity contribution in [2.75, 3.05) is 6.54 Å². The Bertz CT molecular complexity index is 1220. The van der Waals surface area contributed by atoms with Gasteiger partial charge in [0.15, 0.2) is 5.69 Å². The molecular weight excluding hydrogens is 417 g/mol. The average molecular weight is 434 g/mol. The zero-order valence-electron chi connectivity index (χ0n) is 15.8. The molecule has 0 atom stereocenters. The van der Waals surface area contributed by atoms with Gasteiger partial charge in [-0.2, -0.15) is 17.9 Å². The summed E-state index contributed by atoms with van der Waals surface area (Å²) in [4.78, 5) is 28.4. The maximum atomic E-state index is 13.7. The molecule has 0 unspecified atom stereocenters. The highest BCUT2D eigenvalue weighted by molar-refractivity contribution is 7.20. The maximum Gasteiger partial charge on any atom is 0.433 e. The minimum absolute atomic E-state index is 0.1000. The van der Waals surface area contributed by atoms with E-state index in [-0.39, 0.29) is 23.8 Å². The highest BCUT2D eigenvalue weighted by Gasteiger charge is 2.39. The van der Waals surface area contributed by atoms with Gasteiger partial charge >= 0.3 is 6.18 Å². The summed E-state index contributed by atoms with van der Waals surface area (Å²) in [6.45, 7) is 1.90. The molecule has 4 rings (SSSR count). The van der Waals surface area contributed by atoms with E-state index in [9.17, 15) is 18.0 Å². The van der Waals surface area contributed by atoms with Crippen LogP contribution in [-0.4, -0.2) is 37.0 Å². The number of rotatable bonds is 6. The molecule has 3 heterocycles. The van der Waals surface area contributed by atoms with Crippen molar-refractivity contribution >= 4 is 27.3 Å². The van der Waals surface area contributed by atoms with Gasteiger partial charge in [-0.1, -0.05) is 30.4 Å². The summed E-state index contributed by atoms with van der Waals surface area (Å²) in [6.07, 6.45) is -0.945. The first-order chi connectivity index (χ1) is 14.4. The second-order valence-electron chi connectivity index (χ2n) is 6.47. The van der Waals surface area contributed by atoms with Crippen molar-refractivity contribution < 1.29 is 13.2 Å². The quantitative estimate of drug-likeness (QED) is 0.450. The number of hydrogen-bond donors (Lipinski definition) is 2. The van der Waals surface area contributed by atoms with Crippen molar-refractivity contribution in [3.05, 3.63) is 64.1 Å². The Morgan fingerprint density at radius 3 is 2.77 bits per heavy atom. The van der Waals surface area contributed by atoms with E-state index in [0.29, 0.717) is 11.9 Å². The van der Waals surface area contributed by atoms with Crippen molar-refractivity contribution in [3.63, 3.8) is 0 Å². The third kappa shape index (κ3) is 3.80. The second-order valence-corrected chi connectivity index (χ2v) is 7.48. The lowest BCUT2D eigenvalue weighted by atomic mass is 10.1. The number of nitrogens with zero attached hydrogens (tertiary/aromatic N) is 4. The third-order valence-electron chi connectivity index (χ3n) is 4.51. The number of H-pyrrole nitrogens is 2. The van der Waals surface area contributed by atoms with Crippen molar-refractivity contribution in [2.24, 2.45) is 4.99 Å². The molecule has 0 aliphatic carbocycles. The minimum atomic E-state index is -4.74. The molecule has 0 radical (unpaired) electrons. The fraction of sp³-hybridized carbons (Fsp3) is 0.263. The van der Waals surface area contributed by atoms with E-state index in [1.807, 2.05) is 0 Å². The largest absolute Gasteiger partial charge is 0.433 e. The van der Waals surface area contributed by atoms with Crippen molar-refractivity contribution in [3.8, 4) is 5.13 Å². The highest BCUT2D eigenvalue weighted by Crippen LogP contribution is 2.31. The molecule has 156 valence electrons. The van der Waals surface area contributed by atoms with Gasteiger partial charge in [-0.05, 0) is 18.6 Å². The number of nitrogens with one attached hydrogen (secondary N) is 2. The second kappa shape index (κ2) is 7.90. The van der Waals surface area contributed by atoms with Crippen LogP contribution in [0.3, 0.4) is 0 Å². The summed E-state index contributed by atoms with van der Waals surface area (Å²) in [7, 11) is 0. The van der Waals surface area contributed by atoms with E-state index in [0.717, 1.165) is 26.4 Å². The Kier molecular flexibility index (Phi) is 5.29. The number of fused-ring (bicyclic) bond motifs is 1. The molecule has 11 heteroatoms. The molecule has 30 heavy (non-hydrogen) atoms. The van der Waals surface area contributed by atoms with Crippen molar-refractivity contribution in [2.45, 2.75) is 25.9 Å². The van der Waals surface area contributed by atoms with Gasteiger partial charge in [0.1, 0.15) is 0 Å². The van der Waals surface area contributed by atoms with Gasteiger partial charge < -0.3 is 4.98 Å². The molecule has 0 saturated carbocycles. The van der Waals surface area contributed by atoms with Crippen LogP contribution >= 0.6 is 11.3 Å². The molecule has 2 N–H and O–H groups in total. The first-order valence-electron chi connectivity index (χ1n) is 9.17. The zero-order valence-corrected chi connectivity index (χ0v) is 16.6. The van der Waals surface area contributed by atoms with Gasteiger partial charge in [-0.25, -0.2) is 9.97 Å². The van der Waals surface area contributed by atoms with Crippen LogP contribution in [0, 0.1) is 0 Å². The van der Waals surface area contributed by atoms with Gasteiger partial charge in [-0.15, -0.1) is 0 Å². The topological polar surface area (TPSA) is 91.7 Å². The SMILES string of the molecule is CCC(=NCCc1cnc[nH]1)c1c(C(F)(F)F)[nH]n(-c2nc3ccccc3s2)c1=O. The van der Waals surface area contributed by atoms with Crippen molar-refractivity contribution in [1.82, 2.24) is 24.7 Å². The first kappa shape index (κ1) is 20.1. The number of halogens is 3. The molecular formula is C19H17F3N6OS. The Morgan fingerprint density at radius 2 is 2.10 bits per heavy atom. The molecule has 7 nitrogen and oxygen atoms in total. The Balaban J connectivity index is 1.78. The van der Waals surface area contributed by atoms with Gasteiger partial charge in [0, 0.05) is 30.6 Å². The smallest absolute Gasteiger partial charge is 0.348 e. The van der Waals surface area contributed by atoms with Crippen LogP contribution in [0.5, 0.6) is 0 Å². The van der Waals surface area contributed by atoms with Crippen LogP contribution < -0.4 is 5.56 Å². The van der Waals surface area contributed by atoms with Crippen LogP contribution in [0.25, 0.3) is 15.3 Å². The molecule has 0 saturated heterocycles. The third-order valence-corrected chi connectivity index (χ3v) is 5.53. The minimum Gasteiger partial charge on any atom is -0.348 e. The number of alkyl halides is 3. The number of aliphatic imine (C=N–C) groups is 1. The molecule has 4 aromatic rings. The van der Waals surface area contributed by atoms with Gasteiger partial charge in [0.2, 0.25) is 5.13 Å². The van der Waals surface area contributed by atoms with E-state index in [1.54, 1.807) is 37.4 Å². The van der Waals surface area contributed by atoms with Crippen LogP contribution in [0.4, 0.5) is 13.2 Å². The maximum absolute atomic E-state index is 13.7. The molecule has 0 amide bonds. The Morgan fingerprint density at radius 1 is 1.30 bits per heavy atom. The zero-order chi connectivity index (χ0) is 21.3. The molecule has 1 aromatic carbocycles. The monoisotopic (exact) mass is 434 g/mol. The van der Waals surface area contributed by atoms with Crippen LogP contribution in [0.2, 0.25) is 0 Å². The summed E-state index contributed by atoms with van der Waals surface area (Å²) < 4.78 is 42.8. The van der Waals surface area contributed by atoms with Gasteiger partial charge in [-0.3, -0.25) is 14.9 Å². The van der Waals surface area contributed by atoms with E-state index in [4.69, 9.17) is 0 Å². The molecule has 3 aromatic heterocycles. The van der Waals surface area contributed by atoms with E-state index < -0.39 is 23.0 Å². The lowest BCUT2D eigenvalue weighted by Crippen LogP contribution is -2.22. The number of hydrogen-bond acceptors (Lipinski definition) is 5. The number of aromatic amines is 2. The number of para-hydroxylation sites is 1. The summed E-state index contributed by atoms with van der Waals surface area (Å²) >= 11 is 1.13. The number of thiazole rings is 1. The molecule has 0 aliphatic rings. The van der Waals surface area contributed by atoms with Gasteiger partial charge in [0.25, 0.3) is 5.56 Å². The standard InChI is InChI=1S/C19H17F3N6OS/c1-2-12(24-8-7-11-9-23-10-25-11)15-16(19(20,21)22)27-28(17(15)29)18-26-13-5-3-4-6-14(13)30-18/h3-6,9-10,27H,2,7-8H2,1H3,(H,23,25). The molecule has 0 bridgehead atoms. The molecule has 0 spiro atoms. The van der Waals surface area contributed by atoms with Crippen molar-refractivity contribution in [1.29, 1.82) is 0 Å². The van der Waals surface area contributed by atoms with E-state index in [1.165, 1.54) is 6.33 Å². The fourth-order valence-electron chi connectivity index (χ4n) is 3.10. The van der Waals surface area contributed by atoms with E-state index >= 15 is 0 Å². The lowest BCUT2D eigenvalue weighted by Gasteiger charge is -2.07. The normalized spacial score (nSPS) is 12.7. The predicted octanol–water partition coefficient (Wildman–Crippen LogP) is 3.96. The number of imidazole rings is 1. The van der Waals surface area contributed by atoms with Crippen LogP contribution in [0.15, 0.2) is 46.6 Å². The first-order valence-corrected chi connectivity index (χ1v) is 9.99. The summed E-state index contributed by atoms with van der Waals surface area (Å²) in [5.41, 5.74) is -0.876. The fourth-order valence-corrected chi connectivity index (χ4v) is 4.03. The Labute approximate surface area is 172 Å². The van der Waals surface area contributed by atoms with Crippen LogP contribution in [-0.2, 0) is 12.6 Å². The lowest BCUT2D eigenvalue weighted by molar-refractivity contribution is -0.141. The van der Waals surface area contributed by atoms with E-state index in [2.05, 4.69) is 25.0 Å². The number of benzene rings is 1. The number of aromatic nitrogens is 5. The predicted molar refractivity (Wildman–Crippen MR) is 109 cm³/mol. The summed E-state index contributed by atoms with van der Waals surface area (Å²) in [5, 5.41) is 2.36. The average Bonchev–Trinajstić information content (AvgIpc) is 3.43. The van der Waals surface area contributed by atoms with Crippen LogP contribution in [0.1, 0.15) is 30.3 Å². The molecule has 0 aliphatic heterocycles.